The molecule has 0 aromatic heterocycles. The molecular weight excluding hydrogens is 236 g/mol. The van der Waals surface area contributed by atoms with Gasteiger partial charge in [-0.3, -0.25) is 4.79 Å². The van der Waals surface area contributed by atoms with Gasteiger partial charge < -0.3 is 11.1 Å². The lowest BCUT2D eigenvalue weighted by Crippen LogP contribution is -2.44. The summed E-state index contributed by atoms with van der Waals surface area (Å²) in [5.74, 6) is -0.0282. The second-order valence-electron chi connectivity index (χ2n) is 5.18. The Labute approximate surface area is 116 Å². The van der Waals surface area contributed by atoms with E-state index < -0.39 is 6.04 Å². The summed E-state index contributed by atoms with van der Waals surface area (Å²) in [6, 6.07) is 9.94. The topological polar surface area (TPSA) is 55.1 Å². The van der Waals surface area contributed by atoms with Crippen LogP contribution in [0.1, 0.15) is 45.1 Å². The summed E-state index contributed by atoms with van der Waals surface area (Å²) in [7, 11) is 0. The molecule has 3 nitrogen and oxygen atoms in total. The summed E-state index contributed by atoms with van der Waals surface area (Å²) in [6.45, 7) is 4.19. The maximum Gasteiger partial charge on any atom is 0.237 e. The van der Waals surface area contributed by atoms with Gasteiger partial charge in [-0.25, -0.2) is 0 Å². The van der Waals surface area contributed by atoms with E-state index in [1.54, 1.807) is 0 Å². The fourth-order valence-electron chi connectivity index (χ4n) is 2.03. The van der Waals surface area contributed by atoms with Crippen LogP contribution < -0.4 is 11.1 Å². The number of unbranched alkanes of at least 4 members (excludes halogenated alkanes) is 1. The van der Waals surface area contributed by atoms with Gasteiger partial charge in [0.1, 0.15) is 0 Å². The highest BCUT2D eigenvalue weighted by atomic mass is 16.2. The SMILES string of the molecule is CCCCC(C)NC(=O)C(N)CCc1ccccc1. The quantitative estimate of drug-likeness (QED) is 0.756. The molecule has 0 heterocycles. The number of aryl methyl sites for hydroxylation is 1. The Kier molecular flexibility index (Phi) is 7.19. The smallest absolute Gasteiger partial charge is 0.237 e. The fraction of sp³-hybridized carbons (Fsp3) is 0.562. The maximum absolute atomic E-state index is 11.9. The molecule has 0 spiro atoms. The number of nitrogens with two attached hydrogens (primary N) is 1. The van der Waals surface area contributed by atoms with Crippen molar-refractivity contribution in [3.05, 3.63) is 35.9 Å². The summed E-state index contributed by atoms with van der Waals surface area (Å²) >= 11 is 0. The monoisotopic (exact) mass is 262 g/mol. The molecule has 2 unspecified atom stereocenters. The minimum atomic E-state index is -0.413. The zero-order chi connectivity index (χ0) is 14.1. The van der Waals surface area contributed by atoms with E-state index >= 15 is 0 Å². The van der Waals surface area contributed by atoms with Crippen LogP contribution in [0.25, 0.3) is 0 Å². The number of amides is 1. The Hall–Kier alpha value is -1.35. The first-order chi connectivity index (χ1) is 9.13. The molecule has 0 saturated carbocycles. The Morgan fingerprint density at radius 3 is 2.58 bits per heavy atom. The van der Waals surface area contributed by atoms with Crippen molar-refractivity contribution in [3.8, 4) is 0 Å². The van der Waals surface area contributed by atoms with E-state index in [0.29, 0.717) is 6.42 Å². The second kappa shape index (κ2) is 8.70. The Morgan fingerprint density at radius 2 is 1.95 bits per heavy atom. The first-order valence-electron chi connectivity index (χ1n) is 7.23. The molecule has 0 aliphatic heterocycles. The number of benzene rings is 1. The van der Waals surface area contributed by atoms with Crippen LogP contribution in [0, 0.1) is 0 Å². The van der Waals surface area contributed by atoms with Crippen LogP contribution in [0.3, 0.4) is 0 Å². The third-order valence-corrected chi connectivity index (χ3v) is 3.30. The molecule has 0 aliphatic carbocycles. The highest BCUT2D eigenvalue weighted by Crippen LogP contribution is 2.05. The van der Waals surface area contributed by atoms with Gasteiger partial charge in [0.05, 0.1) is 6.04 Å². The molecule has 0 saturated heterocycles. The molecule has 0 fully saturated rings. The number of hydrogen-bond acceptors (Lipinski definition) is 2. The first-order valence-corrected chi connectivity index (χ1v) is 7.23. The number of rotatable bonds is 8. The van der Waals surface area contributed by atoms with Crippen molar-refractivity contribution in [1.82, 2.24) is 5.32 Å². The number of nitrogens with one attached hydrogen (secondary N) is 1. The van der Waals surface area contributed by atoms with E-state index in [0.717, 1.165) is 25.7 Å². The van der Waals surface area contributed by atoms with Crippen LogP contribution in [0.5, 0.6) is 0 Å². The molecule has 106 valence electrons. The van der Waals surface area contributed by atoms with Crippen LogP contribution in [0.15, 0.2) is 30.3 Å². The zero-order valence-corrected chi connectivity index (χ0v) is 12.1. The van der Waals surface area contributed by atoms with Crippen molar-refractivity contribution in [2.24, 2.45) is 5.73 Å². The fourth-order valence-corrected chi connectivity index (χ4v) is 2.03. The zero-order valence-electron chi connectivity index (χ0n) is 12.1. The van der Waals surface area contributed by atoms with Gasteiger partial charge in [0.15, 0.2) is 0 Å². The third-order valence-electron chi connectivity index (χ3n) is 3.30. The summed E-state index contributed by atoms with van der Waals surface area (Å²) in [4.78, 5) is 11.9. The Bertz CT molecular complexity index is 364. The molecule has 1 aromatic rings. The third kappa shape index (κ3) is 6.39. The van der Waals surface area contributed by atoms with Gasteiger partial charge in [0, 0.05) is 6.04 Å². The maximum atomic E-state index is 11.9. The van der Waals surface area contributed by atoms with E-state index in [1.807, 2.05) is 25.1 Å². The summed E-state index contributed by atoms with van der Waals surface area (Å²) in [5.41, 5.74) is 7.16. The Morgan fingerprint density at radius 1 is 1.26 bits per heavy atom. The molecule has 0 radical (unpaired) electrons. The minimum absolute atomic E-state index is 0.0282. The van der Waals surface area contributed by atoms with Gasteiger partial charge in [-0.2, -0.15) is 0 Å². The van der Waals surface area contributed by atoms with Crippen LogP contribution in [-0.4, -0.2) is 18.0 Å². The van der Waals surface area contributed by atoms with Crippen molar-refractivity contribution in [2.75, 3.05) is 0 Å². The van der Waals surface area contributed by atoms with E-state index in [1.165, 1.54) is 5.56 Å². The van der Waals surface area contributed by atoms with Crippen molar-refractivity contribution in [2.45, 2.75) is 58.0 Å². The van der Waals surface area contributed by atoms with E-state index in [4.69, 9.17) is 5.73 Å². The van der Waals surface area contributed by atoms with Gasteiger partial charge in [-0.1, -0.05) is 50.1 Å². The van der Waals surface area contributed by atoms with Gasteiger partial charge in [0.25, 0.3) is 0 Å². The molecule has 1 rings (SSSR count). The van der Waals surface area contributed by atoms with Gasteiger partial charge in [-0.15, -0.1) is 0 Å². The van der Waals surface area contributed by atoms with Crippen LogP contribution in [0.2, 0.25) is 0 Å². The molecule has 1 aromatic carbocycles. The van der Waals surface area contributed by atoms with Crippen molar-refractivity contribution < 1.29 is 4.79 Å². The van der Waals surface area contributed by atoms with Crippen LogP contribution in [-0.2, 0) is 11.2 Å². The molecule has 3 heteroatoms. The lowest BCUT2D eigenvalue weighted by atomic mass is 10.0. The largest absolute Gasteiger partial charge is 0.352 e. The first kappa shape index (κ1) is 15.7. The average molecular weight is 262 g/mol. The molecule has 1 amide bonds. The van der Waals surface area contributed by atoms with Gasteiger partial charge in [-0.05, 0) is 31.7 Å². The molecule has 0 aliphatic rings. The highest BCUT2D eigenvalue weighted by Gasteiger charge is 2.15. The summed E-state index contributed by atoms with van der Waals surface area (Å²) in [6.07, 6.45) is 4.85. The normalized spacial score (nSPS) is 13.8. The predicted molar refractivity (Wildman–Crippen MR) is 79.9 cm³/mol. The van der Waals surface area contributed by atoms with Crippen molar-refractivity contribution in [3.63, 3.8) is 0 Å². The predicted octanol–water partition coefficient (Wildman–Crippen LogP) is 2.64. The number of carbonyl (C=O) groups excluding carboxylic acids is 1. The molecule has 3 N–H and O–H groups in total. The van der Waals surface area contributed by atoms with Gasteiger partial charge in [0.2, 0.25) is 5.91 Å². The number of carbonyl (C=O) groups is 1. The highest BCUT2D eigenvalue weighted by molar-refractivity contribution is 5.81. The van der Waals surface area contributed by atoms with Crippen molar-refractivity contribution >= 4 is 5.91 Å². The van der Waals surface area contributed by atoms with Gasteiger partial charge >= 0.3 is 0 Å². The van der Waals surface area contributed by atoms with Crippen LogP contribution >= 0.6 is 0 Å². The van der Waals surface area contributed by atoms with E-state index in [9.17, 15) is 4.79 Å². The lowest BCUT2D eigenvalue weighted by Gasteiger charge is -2.17. The lowest BCUT2D eigenvalue weighted by molar-refractivity contribution is -0.123. The minimum Gasteiger partial charge on any atom is -0.352 e. The molecule has 0 bridgehead atoms. The number of hydrogen-bond donors (Lipinski definition) is 2. The van der Waals surface area contributed by atoms with E-state index in [-0.39, 0.29) is 11.9 Å². The molecular formula is C16H26N2O. The van der Waals surface area contributed by atoms with Crippen molar-refractivity contribution in [1.29, 1.82) is 0 Å². The molecule has 2 atom stereocenters. The molecule has 19 heavy (non-hydrogen) atoms. The van der Waals surface area contributed by atoms with E-state index in [2.05, 4.69) is 24.4 Å². The second-order valence-corrected chi connectivity index (χ2v) is 5.18. The Balaban J connectivity index is 2.28. The standard InChI is InChI=1S/C16H26N2O/c1-3-4-8-13(2)18-16(19)15(17)12-11-14-9-6-5-7-10-14/h5-7,9-10,13,15H,3-4,8,11-12,17H2,1-2H3,(H,18,19). The summed E-state index contributed by atoms with van der Waals surface area (Å²) < 4.78 is 0. The summed E-state index contributed by atoms with van der Waals surface area (Å²) in [5, 5.41) is 2.99. The average Bonchev–Trinajstić information content (AvgIpc) is 2.43. The van der Waals surface area contributed by atoms with Crippen LogP contribution in [0.4, 0.5) is 0 Å².